The summed E-state index contributed by atoms with van der Waals surface area (Å²) in [5.41, 5.74) is 7.74. The van der Waals surface area contributed by atoms with Gasteiger partial charge in [-0.1, -0.05) is 291 Å². The molecular formula is C75H57Ar4BO. The average Bonchev–Trinajstić information content (AvgIpc) is 3.70. The number of hydrogen-bond donors (Lipinski definition) is 0. The zero-order valence-electron chi connectivity index (χ0n) is 45.1. The zero-order valence-corrected chi connectivity index (χ0v) is 47.9. The van der Waals surface area contributed by atoms with Gasteiger partial charge in [0.2, 0.25) is 0 Å². The minimum absolute atomic E-state index is 0. The maximum Gasteiger partial charge on any atom is 0.323 e. The fourth-order valence-electron chi connectivity index (χ4n) is 11.3. The van der Waals surface area contributed by atoms with Crippen LogP contribution in [0.3, 0.4) is 0 Å². The first kappa shape index (κ1) is 62.7. The second-order valence-electron chi connectivity index (χ2n) is 19.9. The molecule has 16 aromatic carbocycles. The zero-order chi connectivity index (χ0) is 52.1. The van der Waals surface area contributed by atoms with E-state index in [2.05, 4.69) is 262 Å². The molecule has 0 aliphatic rings. The van der Waals surface area contributed by atoms with Crippen LogP contribution in [0.25, 0.3) is 119 Å². The summed E-state index contributed by atoms with van der Waals surface area (Å²) in [7, 11) is 1.72. The summed E-state index contributed by atoms with van der Waals surface area (Å²) < 4.78 is 5.14. The van der Waals surface area contributed by atoms with Crippen LogP contribution >= 0.6 is 0 Å². The van der Waals surface area contributed by atoms with E-state index in [1.807, 2.05) is 43.2 Å². The molecule has 0 aliphatic carbocycles. The Morgan fingerprint density at radius 2 is 0.519 bits per heavy atom. The van der Waals surface area contributed by atoms with Crippen molar-refractivity contribution in [3.63, 3.8) is 0 Å². The van der Waals surface area contributed by atoms with E-state index in [0.29, 0.717) is 0 Å². The summed E-state index contributed by atoms with van der Waals surface area (Å²) in [6.45, 7) is 4.33. The van der Waals surface area contributed by atoms with E-state index in [1.54, 1.807) is 7.11 Å². The third-order valence-corrected chi connectivity index (χ3v) is 15.1. The third-order valence-electron chi connectivity index (χ3n) is 15.1. The second-order valence-corrected chi connectivity index (χ2v) is 19.9. The van der Waals surface area contributed by atoms with Gasteiger partial charge in [0.05, 0.1) is 0 Å². The van der Waals surface area contributed by atoms with Crippen LogP contribution in [0.1, 0.15) is 5.56 Å². The molecule has 0 bridgehead atoms. The van der Waals surface area contributed by atoms with Gasteiger partial charge in [-0.05, 0) is 144 Å². The van der Waals surface area contributed by atoms with Gasteiger partial charge in [0.15, 0.2) is 0 Å². The molecule has 0 fully saturated rings. The number of aryl methyl sites for hydroxylation is 1. The monoisotopic (exact) mass is 1140 g/mol. The summed E-state index contributed by atoms with van der Waals surface area (Å²) in [6, 6.07) is 104. The largest absolute Gasteiger partial charge is 0.434 e. The predicted molar refractivity (Wildman–Crippen MR) is 337 cm³/mol. The van der Waals surface area contributed by atoms with Gasteiger partial charge >= 0.3 is 6.92 Å². The van der Waals surface area contributed by atoms with Crippen molar-refractivity contribution in [3.8, 4) is 22.3 Å². The van der Waals surface area contributed by atoms with Gasteiger partial charge in [0.1, 0.15) is 0 Å². The SMILES string of the molecule is COB(C)c1ccccc1.Cc1ccccc1.[Ar].[Ar].[Ar].[Ar].c1cc2ccc3cccc4ccc(c1)c2c34.c1ccc(-c2cc3cccc4ccc5cccc2c5c43)cc1.c1ccc(-c2cc3cccc4ccc5cccc2c5c43)cc1. The van der Waals surface area contributed by atoms with Crippen LogP contribution < -0.4 is 5.46 Å². The Morgan fingerprint density at radius 3 is 0.815 bits per heavy atom. The molecule has 81 heavy (non-hydrogen) atoms. The van der Waals surface area contributed by atoms with Crippen molar-refractivity contribution in [1.82, 2.24) is 0 Å². The smallest absolute Gasteiger partial charge is 0.323 e. The number of rotatable bonds is 4. The molecule has 0 aliphatic heterocycles. The van der Waals surface area contributed by atoms with Crippen molar-refractivity contribution >= 4 is 109 Å². The molecule has 0 spiro atoms. The molecular weight excluding hydrogens is 1090 g/mol. The van der Waals surface area contributed by atoms with Crippen molar-refractivity contribution in [1.29, 1.82) is 0 Å². The maximum absolute atomic E-state index is 5.14. The topological polar surface area (TPSA) is 9.23 Å². The van der Waals surface area contributed by atoms with Gasteiger partial charge in [-0.2, -0.15) is 0 Å². The number of benzene rings is 16. The Morgan fingerprint density at radius 1 is 0.259 bits per heavy atom. The molecule has 0 heterocycles. The first-order valence-electron chi connectivity index (χ1n) is 26.7. The summed E-state index contributed by atoms with van der Waals surface area (Å²) >= 11 is 0. The molecule has 0 saturated carbocycles. The molecule has 0 aromatic heterocycles. The van der Waals surface area contributed by atoms with Gasteiger partial charge in [-0.15, -0.1) is 0 Å². The van der Waals surface area contributed by atoms with E-state index in [1.165, 1.54) is 130 Å². The first-order valence-corrected chi connectivity index (χ1v) is 26.7. The van der Waals surface area contributed by atoms with E-state index < -0.39 is 0 Å². The quantitative estimate of drug-likeness (QED) is 0.126. The summed E-state index contributed by atoms with van der Waals surface area (Å²) in [4.78, 5) is 0. The Hall–Kier alpha value is -4.30. The van der Waals surface area contributed by atoms with Gasteiger partial charge < -0.3 is 4.65 Å². The van der Waals surface area contributed by atoms with E-state index in [0.717, 1.165) is 0 Å². The minimum atomic E-state index is 0. The molecule has 16 aromatic rings. The van der Waals surface area contributed by atoms with E-state index in [4.69, 9.17) is 4.65 Å². The maximum atomic E-state index is 5.14. The molecule has 16 rings (SSSR count). The van der Waals surface area contributed by atoms with Crippen LogP contribution in [0.5, 0.6) is 0 Å². The normalized spacial score (nSPS) is 10.6. The molecule has 0 amide bonds. The van der Waals surface area contributed by atoms with Gasteiger partial charge in [0, 0.05) is 158 Å². The van der Waals surface area contributed by atoms with Crippen molar-refractivity contribution in [2.45, 2.75) is 13.7 Å². The first-order chi connectivity index (χ1) is 38.0. The van der Waals surface area contributed by atoms with Crippen LogP contribution in [0.2, 0.25) is 6.82 Å². The minimum Gasteiger partial charge on any atom is -0.434 e. The molecule has 1 nitrogen and oxygen atoms in total. The molecule has 0 N–H and O–H groups in total. The van der Waals surface area contributed by atoms with Crippen molar-refractivity contribution < 1.29 is 156 Å². The fourth-order valence-corrected chi connectivity index (χ4v) is 11.3. The van der Waals surface area contributed by atoms with Gasteiger partial charge in [0.25, 0.3) is 0 Å². The van der Waals surface area contributed by atoms with E-state index in [9.17, 15) is 0 Å². The van der Waals surface area contributed by atoms with Crippen LogP contribution in [-0.4, -0.2) is 14.0 Å². The van der Waals surface area contributed by atoms with Crippen LogP contribution in [-0.2, 0) is 4.65 Å². The average molecular weight is 1140 g/mol. The fraction of sp³-hybridized carbons (Fsp3) is 0.0400. The van der Waals surface area contributed by atoms with Crippen molar-refractivity contribution in [2.24, 2.45) is 0 Å². The molecule has 0 radical (unpaired) electrons. The number of hydrogen-bond acceptors (Lipinski definition) is 1. The third kappa shape index (κ3) is 13.6. The van der Waals surface area contributed by atoms with E-state index >= 15 is 0 Å². The molecule has 0 atom stereocenters. The predicted octanol–water partition coefficient (Wildman–Crippen LogP) is 20.2. The van der Waals surface area contributed by atoms with E-state index in [-0.39, 0.29) is 158 Å². The Labute approximate surface area is 595 Å². The summed E-state index contributed by atoms with van der Waals surface area (Å²) in [5, 5.41) is 24.3. The van der Waals surface area contributed by atoms with Gasteiger partial charge in [-0.3, -0.25) is 0 Å². The van der Waals surface area contributed by atoms with Crippen LogP contribution in [0.15, 0.2) is 291 Å². The molecule has 6 heteroatoms. The second kappa shape index (κ2) is 29.5. The van der Waals surface area contributed by atoms with Crippen LogP contribution in [0, 0.1) is 158 Å². The standard InChI is InChI=1S/2C22H14.C16H10.C8H11BO.C7H8.4Ar/c2*1-2-6-15(7-3-1)20-14-18-10-4-8-16-12-13-17-9-5-11-19(20)22(17)21(16)18;1-3-11-7-9-13-5-2-6-14-10-8-12(4-1)15(11)16(13)14;1-9(10-2)8-6-4-3-5-7-8;1-7-5-3-2-4-6-7;;;;/h2*1-14H;1-10H;3-7H,1-2H3;2-6H,1H3;;;;. The molecule has 0 saturated heterocycles. The Kier molecular flexibility index (Phi) is 22.8. The summed E-state index contributed by atoms with van der Waals surface area (Å²) in [5.74, 6) is 0. The van der Waals surface area contributed by atoms with Gasteiger partial charge in [-0.25, -0.2) is 0 Å². The van der Waals surface area contributed by atoms with Crippen LogP contribution in [0.4, 0.5) is 0 Å². The molecule has 398 valence electrons. The summed E-state index contributed by atoms with van der Waals surface area (Å²) in [6.07, 6.45) is 0. The Bertz CT molecular complexity index is 4260. The Balaban J connectivity index is 0.000000138. The van der Waals surface area contributed by atoms with Crippen molar-refractivity contribution in [3.05, 3.63) is 297 Å². The molecule has 0 unspecified atom stereocenters. The van der Waals surface area contributed by atoms with Crippen molar-refractivity contribution in [2.75, 3.05) is 7.11 Å².